The van der Waals surface area contributed by atoms with Crippen molar-refractivity contribution in [3.63, 3.8) is 0 Å². The van der Waals surface area contributed by atoms with Crippen molar-refractivity contribution in [1.29, 1.82) is 0 Å². The Morgan fingerprint density at radius 3 is 2.63 bits per heavy atom. The van der Waals surface area contributed by atoms with Crippen LogP contribution in [-0.4, -0.2) is 21.4 Å². The van der Waals surface area contributed by atoms with Gasteiger partial charge in [-0.05, 0) is 35.0 Å². The van der Waals surface area contributed by atoms with Crippen LogP contribution in [0.5, 0.6) is 0 Å². The maximum atomic E-state index is 13.4. The van der Waals surface area contributed by atoms with E-state index >= 15 is 0 Å². The van der Waals surface area contributed by atoms with E-state index in [1.54, 1.807) is 13.8 Å². The number of rotatable bonds is 3. The molecule has 0 bridgehead atoms. The zero-order valence-electron chi connectivity index (χ0n) is 10.2. The van der Waals surface area contributed by atoms with E-state index in [9.17, 15) is 13.9 Å². The zero-order chi connectivity index (χ0) is 14.2. The molecule has 0 aliphatic heterocycles. The number of aliphatic hydroxyl groups is 1. The summed E-state index contributed by atoms with van der Waals surface area (Å²) >= 11 is 2.96. The second kappa shape index (κ2) is 5.34. The van der Waals surface area contributed by atoms with E-state index in [0.717, 1.165) is 6.07 Å². The summed E-state index contributed by atoms with van der Waals surface area (Å²) in [7, 11) is 0. The summed E-state index contributed by atoms with van der Waals surface area (Å²) in [6.07, 6.45) is -0.651. The Kier molecular flexibility index (Phi) is 3.96. The highest BCUT2D eigenvalue weighted by Crippen LogP contribution is 2.31. The molecule has 0 saturated heterocycles. The minimum absolute atomic E-state index is 0.0652. The van der Waals surface area contributed by atoms with Gasteiger partial charge in [-0.15, -0.1) is 0 Å². The average molecular weight is 333 g/mol. The number of nitrogens with zero attached hydrogens (tertiary/aromatic N) is 2. The van der Waals surface area contributed by atoms with Crippen molar-refractivity contribution in [3.05, 3.63) is 34.1 Å². The van der Waals surface area contributed by atoms with Crippen molar-refractivity contribution in [2.75, 3.05) is 0 Å². The lowest BCUT2D eigenvalue weighted by Gasteiger charge is -2.08. The van der Waals surface area contributed by atoms with E-state index in [4.69, 9.17) is 4.52 Å². The van der Waals surface area contributed by atoms with Crippen LogP contribution in [-0.2, 0) is 0 Å². The van der Waals surface area contributed by atoms with Crippen LogP contribution < -0.4 is 0 Å². The minimum Gasteiger partial charge on any atom is -0.393 e. The van der Waals surface area contributed by atoms with Crippen LogP contribution in [0.1, 0.15) is 25.7 Å². The maximum Gasteiger partial charge on any atom is 0.232 e. The summed E-state index contributed by atoms with van der Waals surface area (Å²) < 4.78 is 31.4. The van der Waals surface area contributed by atoms with Gasteiger partial charge < -0.3 is 9.63 Å². The van der Waals surface area contributed by atoms with Crippen LogP contribution in [0.2, 0.25) is 0 Å². The van der Waals surface area contributed by atoms with Crippen LogP contribution >= 0.6 is 15.9 Å². The summed E-state index contributed by atoms with van der Waals surface area (Å²) in [4.78, 5) is 4.08. The molecule has 0 fully saturated rings. The lowest BCUT2D eigenvalue weighted by atomic mass is 10.1. The first-order chi connectivity index (χ1) is 8.91. The number of hydrogen-bond donors (Lipinski definition) is 1. The maximum absolute atomic E-state index is 13.4. The highest BCUT2D eigenvalue weighted by Gasteiger charge is 2.21. The van der Waals surface area contributed by atoms with Gasteiger partial charge in [-0.25, -0.2) is 8.78 Å². The van der Waals surface area contributed by atoms with Gasteiger partial charge in [0.25, 0.3) is 0 Å². The molecule has 0 amide bonds. The third kappa shape index (κ3) is 2.66. The second-order valence-electron chi connectivity index (χ2n) is 4.21. The summed E-state index contributed by atoms with van der Waals surface area (Å²) in [5.41, 5.74) is 0.284. The van der Waals surface area contributed by atoms with Crippen molar-refractivity contribution in [2.45, 2.75) is 25.9 Å². The molecule has 1 N–H and O–H groups in total. The number of halogens is 3. The van der Waals surface area contributed by atoms with Gasteiger partial charge in [-0.2, -0.15) is 4.98 Å². The molecule has 2 unspecified atom stereocenters. The van der Waals surface area contributed by atoms with Gasteiger partial charge >= 0.3 is 0 Å². The molecule has 0 aliphatic rings. The minimum atomic E-state index is -1.01. The zero-order valence-corrected chi connectivity index (χ0v) is 11.8. The third-order valence-corrected chi connectivity index (χ3v) is 3.61. The molecule has 7 heteroatoms. The Morgan fingerprint density at radius 2 is 2.00 bits per heavy atom. The molecule has 0 aliphatic carbocycles. The Balaban J connectivity index is 2.41. The van der Waals surface area contributed by atoms with Crippen molar-refractivity contribution in [2.24, 2.45) is 0 Å². The SMILES string of the molecule is CC(O)C(C)c1nc(-c2ccc(F)c(F)c2Br)no1. The quantitative estimate of drug-likeness (QED) is 0.876. The predicted molar refractivity (Wildman–Crippen MR) is 67.4 cm³/mol. The lowest BCUT2D eigenvalue weighted by molar-refractivity contribution is 0.151. The summed E-state index contributed by atoms with van der Waals surface area (Å²) in [6, 6.07) is 2.34. The Bertz CT molecular complexity index is 601. The van der Waals surface area contributed by atoms with Crippen LogP contribution in [0, 0.1) is 11.6 Å². The number of aromatic nitrogens is 2. The number of hydrogen-bond acceptors (Lipinski definition) is 4. The molecule has 2 atom stereocenters. The fraction of sp³-hybridized carbons (Fsp3) is 0.333. The monoisotopic (exact) mass is 332 g/mol. The molecular formula is C12H11BrF2N2O2. The molecule has 2 aromatic rings. The van der Waals surface area contributed by atoms with Gasteiger partial charge in [0.15, 0.2) is 11.6 Å². The van der Waals surface area contributed by atoms with Crippen molar-refractivity contribution < 1.29 is 18.4 Å². The second-order valence-corrected chi connectivity index (χ2v) is 5.00. The van der Waals surface area contributed by atoms with Gasteiger partial charge in [-0.1, -0.05) is 12.1 Å². The highest BCUT2D eigenvalue weighted by molar-refractivity contribution is 9.10. The highest BCUT2D eigenvalue weighted by atomic mass is 79.9. The molecule has 2 rings (SSSR count). The first-order valence-electron chi connectivity index (χ1n) is 5.57. The molecule has 4 nitrogen and oxygen atoms in total. The van der Waals surface area contributed by atoms with Gasteiger partial charge in [0, 0.05) is 5.56 Å². The van der Waals surface area contributed by atoms with E-state index in [0.29, 0.717) is 0 Å². The lowest BCUT2D eigenvalue weighted by Crippen LogP contribution is -2.11. The molecule has 0 spiro atoms. The van der Waals surface area contributed by atoms with Crippen LogP contribution in [0.3, 0.4) is 0 Å². The van der Waals surface area contributed by atoms with Gasteiger partial charge in [-0.3, -0.25) is 0 Å². The molecule has 19 heavy (non-hydrogen) atoms. The summed E-state index contributed by atoms with van der Waals surface area (Å²) in [5, 5.41) is 13.1. The molecule has 1 aromatic heterocycles. The summed E-state index contributed by atoms with van der Waals surface area (Å²) in [6.45, 7) is 3.32. The smallest absolute Gasteiger partial charge is 0.232 e. The first kappa shape index (κ1) is 14.1. The van der Waals surface area contributed by atoms with E-state index in [1.807, 2.05) is 0 Å². The molecule has 1 heterocycles. The van der Waals surface area contributed by atoms with Crippen molar-refractivity contribution in [1.82, 2.24) is 10.1 Å². The predicted octanol–water partition coefficient (Wildman–Crippen LogP) is 3.26. The van der Waals surface area contributed by atoms with Gasteiger partial charge in [0.2, 0.25) is 11.7 Å². The van der Waals surface area contributed by atoms with Crippen molar-refractivity contribution >= 4 is 15.9 Å². The summed E-state index contributed by atoms with van der Waals surface area (Å²) in [5.74, 6) is -1.94. The van der Waals surface area contributed by atoms with E-state index in [-0.39, 0.29) is 27.7 Å². The van der Waals surface area contributed by atoms with E-state index in [1.165, 1.54) is 6.07 Å². The first-order valence-corrected chi connectivity index (χ1v) is 6.36. The molecule has 0 saturated carbocycles. The van der Waals surface area contributed by atoms with Crippen LogP contribution in [0.4, 0.5) is 8.78 Å². The molecule has 1 aromatic carbocycles. The fourth-order valence-corrected chi connectivity index (χ4v) is 1.93. The van der Waals surface area contributed by atoms with Gasteiger partial charge in [0.1, 0.15) is 0 Å². The molecular weight excluding hydrogens is 322 g/mol. The normalized spacial score (nSPS) is 14.4. The number of aliphatic hydroxyl groups excluding tert-OH is 1. The third-order valence-electron chi connectivity index (χ3n) is 2.83. The Morgan fingerprint density at radius 1 is 1.32 bits per heavy atom. The van der Waals surface area contributed by atoms with Crippen LogP contribution in [0.15, 0.2) is 21.1 Å². The molecule has 102 valence electrons. The molecule has 0 radical (unpaired) electrons. The Labute approximate surface area is 116 Å². The largest absolute Gasteiger partial charge is 0.393 e. The van der Waals surface area contributed by atoms with Gasteiger partial charge in [0.05, 0.1) is 16.5 Å². The number of benzene rings is 1. The van der Waals surface area contributed by atoms with Crippen molar-refractivity contribution in [3.8, 4) is 11.4 Å². The average Bonchev–Trinajstić information content (AvgIpc) is 2.84. The Hall–Kier alpha value is -1.34. The topological polar surface area (TPSA) is 59.2 Å². The van der Waals surface area contributed by atoms with E-state index in [2.05, 4.69) is 26.1 Å². The fourth-order valence-electron chi connectivity index (χ4n) is 1.43. The van der Waals surface area contributed by atoms with E-state index < -0.39 is 17.7 Å². The van der Waals surface area contributed by atoms with Crippen LogP contribution in [0.25, 0.3) is 11.4 Å². The standard InChI is InChI=1S/C12H11BrF2N2O2/c1-5(6(2)18)12-16-11(17-19-12)7-3-4-8(14)10(15)9(7)13/h3-6,18H,1-2H3.